The van der Waals surface area contributed by atoms with Gasteiger partial charge in [0.25, 0.3) is 0 Å². The van der Waals surface area contributed by atoms with E-state index in [1.54, 1.807) is 11.3 Å². The van der Waals surface area contributed by atoms with Gasteiger partial charge in [0.2, 0.25) is 4.96 Å². The molecule has 2 amide bonds. The second kappa shape index (κ2) is 7.79. The molecule has 2 aromatic carbocycles. The predicted octanol–water partition coefficient (Wildman–Crippen LogP) is 4.45. The summed E-state index contributed by atoms with van der Waals surface area (Å²) >= 11 is 1.60. The van der Waals surface area contributed by atoms with Crippen LogP contribution in [0.3, 0.4) is 0 Å². The van der Waals surface area contributed by atoms with Gasteiger partial charge in [0.05, 0.1) is 24.5 Å². The lowest BCUT2D eigenvalue weighted by atomic mass is 10.2. The molecule has 0 spiro atoms. The maximum Gasteiger partial charge on any atom is 0.322 e. The van der Waals surface area contributed by atoms with E-state index in [1.807, 2.05) is 70.9 Å². The molecule has 1 N–H and O–H groups in total. The van der Waals surface area contributed by atoms with Crippen LogP contribution in [-0.2, 0) is 13.0 Å². The van der Waals surface area contributed by atoms with Crippen LogP contribution in [0.15, 0.2) is 54.6 Å². The van der Waals surface area contributed by atoms with E-state index >= 15 is 0 Å². The fourth-order valence-electron chi connectivity index (χ4n) is 3.62. The lowest BCUT2D eigenvalue weighted by Gasteiger charge is -2.27. The summed E-state index contributed by atoms with van der Waals surface area (Å²) in [5, 5.41) is 7.69. The van der Waals surface area contributed by atoms with Crippen LogP contribution in [0.25, 0.3) is 16.3 Å². The van der Waals surface area contributed by atoms with Crippen LogP contribution >= 0.6 is 11.3 Å². The molecule has 1 aliphatic rings. The second-order valence-electron chi connectivity index (χ2n) is 7.00. The molecule has 5 rings (SSSR count). The highest BCUT2D eigenvalue weighted by Crippen LogP contribution is 2.30. The van der Waals surface area contributed by atoms with E-state index in [4.69, 9.17) is 14.8 Å². The number of hydrogen-bond donors (Lipinski definition) is 1. The zero-order valence-electron chi connectivity index (χ0n) is 16.5. The Balaban J connectivity index is 1.35. The summed E-state index contributed by atoms with van der Waals surface area (Å²) in [6.45, 7) is 3.65. The van der Waals surface area contributed by atoms with Gasteiger partial charge in [0.15, 0.2) is 5.82 Å². The number of ether oxygens (including phenoxy) is 1. The number of thiazole rings is 1. The Hall–Kier alpha value is -3.39. The van der Waals surface area contributed by atoms with Gasteiger partial charge in [0.1, 0.15) is 5.75 Å². The number of nitrogens with one attached hydrogen (secondary N) is 1. The number of benzene rings is 2. The Bertz CT molecular complexity index is 1200. The molecule has 7 nitrogen and oxygen atoms in total. The van der Waals surface area contributed by atoms with Crippen molar-refractivity contribution in [2.75, 3.05) is 18.5 Å². The Labute approximate surface area is 177 Å². The van der Waals surface area contributed by atoms with Crippen molar-refractivity contribution in [3.63, 3.8) is 0 Å². The number of anilines is 1. The highest BCUT2D eigenvalue weighted by molar-refractivity contribution is 7.17. The summed E-state index contributed by atoms with van der Waals surface area (Å²) in [4.78, 5) is 21.4. The van der Waals surface area contributed by atoms with Gasteiger partial charge in [0, 0.05) is 23.4 Å². The number of hydrogen-bond acceptors (Lipinski definition) is 5. The van der Waals surface area contributed by atoms with Crippen LogP contribution in [0.2, 0.25) is 0 Å². The Morgan fingerprint density at radius 2 is 1.97 bits per heavy atom. The van der Waals surface area contributed by atoms with Crippen LogP contribution in [0.4, 0.5) is 10.5 Å². The van der Waals surface area contributed by atoms with Crippen molar-refractivity contribution in [3.8, 4) is 17.1 Å². The first-order valence-corrected chi connectivity index (χ1v) is 10.7. The molecule has 0 atom stereocenters. The smallest absolute Gasteiger partial charge is 0.322 e. The third kappa shape index (κ3) is 3.39. The normalized spacial score (nSPS) is 13.3. The lowest BCUT2D eigenvalue weighted by molar-refractivity contribution is 0.206. The van der Waals surface area contributed by atoms with Crippen LogP contribution in [-0.4, -0.2) is 38.7 Å². The third-order valence-corrected chi connectivity index (χ3v) is 6.13. The first kappa shape index (κ1) is 18.6. The van der Waals surface area contributed by atoms with E-state index in [0.29, 0.717) is 31.1 Å². The minimum absolute atomic E-state index is 0.128. The fourth-order valence-corrected chi connectivity index (χ4v) is 4.73. The average Bonchev–Trinajstić information content (AvgIpc) is 3.33. The van der Waals surface area contributed by atoms with Crippen LogP contribution in [0.5, 0.6) is 5.75 Å². The highest BCUT2D eigenvalue weighted by Gasteiger charge is 2.26. The number of para-hydroxylation sites is 2. The zero-order chi connectivity index (χ0) is 20.5. The molecule has 0 unspecified atom stereocenters. The van der Waals surface area contributed by atoms with Crippen molar-refractivity contribution >= 4 is 28.0 Å². The molecule has 0 bridgehead atoms. The molecule has 0 saturated heterocycles. The molecular formula is C22H21N5O2S. The highest BCUT2D eigenvalue weighted by atomic mass is 32.1. The number of carbonyl (C=O) groups excluding carboxylic acids is 1. The van der Waals surface area contributed by atoms with Crippen molar-refractivity contribution in [2.45, 2.75) is 19.9 Å². The van der Waals surface area contributed by atoms with Crippen molar-refractivity contribution < 1.29 is 9.53 Å². The SMILES string of the molecule is CCOc1ccccc1NC(=O)N1CCc2c(sc3nc(-c4ccccc4)nn23)C1. The van der Waals surface area contributed by atoms with Crippen molar-refractivity contribution in [3.05, 3.63) is 65.2 Å². The van der Waals surface area contributed by atoms with Gasteiger partial charge in [-0.2, -0.15) is 4.98 Å². The molecule has 152 valence electrons. The molecule has 0 radical (unpaired) electrons. The Morgan fingerprint density at radius 3 is 2.80 bits per heavy atom. The van der Waals surface area contributed by atoms with Gasteiger partial charge in [-0.05, 0) is 19.1 Å². The summed E-state index contributed by atoms with van der Waals surface area (Å²) in [5.74, 6) is 1.41. The molecule has 0 fully saturated rings. The van der Waals surface area contributed by atoms with E-state index in [2.05, 4.69) is 5.32 Å². The molecule has 0 aliphatic carbocycles. The molecule has 0 saturated carbocycles. The van der Waals surface area contributed by atoms with Gasteiger partial charge in [-0.15, -0.1) is 5.10 Å². The van der Waals surface area contributed by atoms with Gasteiger partial charge >= 0.3 is 6.03 Å². The molecule has 4 aromatic rings. The number of aromatic nitrogens is 3. The molecule has 8 heteroatoms. The van der Waals surface area contributed by atoms with E-state index < -0.39 is 0 Å². The summed E-state index contributed by atoms with van der Waals surface area (Å²) in [5.41, 5.74) is 2.83. The Kier molecular flexibility index (Phi) is 4.84. The van der Waals surface area contributed by atoms with Gasteiger partial charge in [-0.25, -0.2) is 9.31 Å². The number of carbonyl (C=O) groups is 1. The van der Waals surface area contributed by atoms with Crippen molar-refractivity contribution in [1.29, 1.82) is 0 Å². The second-order valence-corrected chi connectivity index (χ2v) is 8.06. The average molecular weight is 420 g/mol. The molecule has 1 aliphatic heterocycles. The number of rotatable bonds is 4. The standard InChI is InChI=1S/C22H21N5O2S/c1-2-29-18-11-7-6-10-16(18)23-21(28)26-13-12-17-19(14-26)30-22-24-20(25-27(17)22)15-8-4-3-5-9-15/h3-11H,2,12-14H2,1H3,(H,23,28). The topological polar surface area (TPSA) is 71.8 Å². The maximum atomic E-state index is 12.9. The number of fused-ring (bicyclic) bond motifs is 3. The predicted molar refractivity (Wildman–Crippen MR) is 117 cm³/mol. The minimum atomic E-state index is -0.128. The third-order valence-electron chi connectivity index (χ3n) is 5.07. The van der Waals surface area contributed by atoms with E-state index in [9.17, 15) is 4.79 Å². The lowest BCUT2D eigenvalue weighted by Crippen LogP contribution is -2.38. The van der Waals surface area contributed by atoms with Gasteiger partial charge in [-0.1, -0.05) is 53.8 Å². The first-order chi connectivity index (χ1) is 14.7. The fraction of sp³-hybridized carbons (Fsp3) is 0.227. The van der Waals surface area contributed by atoms with E-state index in [-0.39, 0.29) is 6.03 Å². The van der Waals surface area contributed by atoms with E-state index in [1.165, 1.54) is 0 Å². The zero-order valence-corrected chi connectivity index (χ0v) is 17.4. The summed E-state index contributed by atoms with van der Waals surface area (Å²) in [6.07, 6.45) is 0.744. The van der Waals surface area contributed by atoms with Crippen LogP contribution in [0, 0.1) is 0 Å². The number of urea groups is 1. The molecule has 3 heterocycles. The van der Waals surface area contributed by atoms with Gasteiger partial charge in [-0.3, -0.25) is 0 Å². The summed E-state index contributed by atoms with van der Waals surface area (Å²) < 4.78 is 7.54. The Morgan fingerprint density at radius 1 is 1.17 bits per heavy atom. The summed E-state index contributed by atoms with van der Waals surface area (Å²) in [6, 6.07) is 17.3. The molecule has 30 heavy (non-hydrogen) atoms. The van der Waals surface area contributed by atoms with Gasteiger partial charge < -0.3 is 15.0 Å². The monoisotopic (exact) mass is 419 g/mol. The maximum absolute atomic E-state index is 12.9. The largest absolute Gasteiger partial charge is 0.492 e. The van der Waals surface area contributed by atoms with Crippen molar-refractivity contribution in [2.24, 2.45) is 0 Å². The molecule has 2 aromatic heterocycles. The first-order valence-electron chi connectivity index (χ1n) is 9.93. The number of nitrogens with zero attached hydrogens (tertiary/aromatic N) is 4. The summed E-state index contributed by atoms with van der Waals surface area (Å²) in [7, 11) is 0. The molecular weight excluding hydrogens is 398 g/mol. The number of amides is 2. The van der Waals surface area contributed by atoms with Crippen LogP contribution in [0.1, 0.15) is 17.5 Å². The van der Waals surface area contributed by atoms with Crippen LogP contribution < -0.4 is 10.1 Å². The minimum Gasteiger partial charge on any atom is -0.492 e. The van der Waals surface area contributed by atoms with E-state index in [0.717, 1.165) is 33.3 Å². The van der Waals surface area contributed by atoms with Crippen molar-refractivity contribution in [1.82, 2.24) is 19.5 Å². The quantitative estimate of drug-likeness (QED) is 0.531.